The monoisotopic (exact) mass is 497 g/mol. The van der Waals surface area contributed by atoms with E-state index in [1.165, 1.54) is 14.7 Å². The van der Waals surface area contributed by atoms with E-state index in [9.17, 15) is 9.59 Å². The van der Waals surface area contributed by atoms with Crippen molar-refractivity contribution < 1.29 is 0 Å². The molecule has 0 saturated carbocycles. The Kier molecular flexibility index (Phi) is 5.78. The predicted octanol–water partition coefficient (Wildman–Crippen LogP) is 4.60. The van der Waals surface area contributed by atoms with Gasteiger partial charge in [-0.25, -0.2) is 4.79 Å². The highest BCUT2D eigenvalue weighted by molar-refractivity contribution is 6.35. The first-order valence-corrected chi connectivity index (χ1v) is 12.0. The van der Waals surface area contributed by atoms with Gasteiger partial charge >= 0.3 is 5.69 Å². The number of fused-ring (bicyclic) bond motifs is 3. The minimum Gasteiger partial charge on any atom is -0.312 e. The average Bonchev–Trinajstić information content (AvgIpc) is 3.21. The fourth-order valence-electron chi connectivity index (χ4n) is 4.59. The van der Waals surface area contributed by atoms with Crippen LogP contribution in [0.25, 0.3) is 11.2 Å². The van der Waals surface area contributed by atoms with Crippen molar-refractivity contribution in [2.45, 2.75) is 33.4 Å². The highest BCUT2D eigenvalue weighted by Crippen LogP contribution is 2.33. The van der Waals surface area contributed by atoms with Gasteiger partial charge in [0.15, 0.2) is 11.2 Å². The normalized spacial score (nSPS) is 15.7. The molecule has 0 N–H and O–H groups in total. The van der Waals surface area contributed by atoms with Crippen molar-refractivity contribution >= 4 is 46.0 Å². The Balaban J connectivity index is 1.69. The Morgan fingerprint density at radius 1 is 1.06 bits per heavy atom. The number of aryl methyl sites for hydroxylation is 2. The molecular weight excluding hydrogens is 473 g/mol. The number of benzene rings is 2. The maximum absolute atomic E-state index is 13.7. The van der Waals surface area contributed by atoms with Crippen LogP contribution < -0.4 is 16.1 Å². The standard InChI is InChI=1S/C25H25Cl2N5O2/c1-4-16-5-9-19(10-6-16)30-12-15(2)13-31-21-22(28-24(30)31)29(3)25(34)32(23(21)33)14-17-7-8-18(26)11-20(17)27/h5-11,15H,4,12-14H2,1-3H3/t15-/m1/s1. The third-order valence-electron chi connectivity index (χ3n) is 6.44. The minimum absolute atomic E-state index is 0.0513. The molecule has 5 rings (SSSR count). The first-order valence-electron chi connectivity index (χ1n) is 11.3. The van der Waals surface area contributed by atoms with E-state index in [-0.39, 0.29) is 18.0 Å². The van der Waals surface area contributed by atoms with Gasteiger partial charge in [-0.2, -0.15) is 4.98 Å². The average molecular weight is 498 g/mol. The number of nitrogens with zero attached hydrogens (tertiary/aromatic N) is 5. The van der Waals surface area contributed by atoms with Crippen LogP contribution in [-0.4, -0.2) is 25.2 Å². The van der Waals surface area contributed by atoms with Gasteiger partial charge < -0.3 is 9.47 Å². The van der Waals surface area contributed by atoms with Gasteiger partial charge in [0.1, 0.15) is 0 Å². The maximum Gasteiger partial charge on any atom is 0.332 e. The highest BCUT2D eigenvalue weighted by Gasteiger charge is 2.30. The fraction of sp³-hybridized carbons (Fsp3) is 0.320. The van der Waals surface area contributed by atoms with Crippen LogP contribution in [0.5, 0.6) is 0 Å². The summed E-state index contributed by atoms with van der Waals surface area (Å²) < 4.78 is 4.60. The van der Waals surface area contributed by atoms with Crippen molar-refractivity contribution in [2.24, 2.45) is 13.0 Å². The van der Waals surface area contributed by atoms with Crippen molar-refractivity contribution in [1.29, 1.82) is 0 Å². The summed E-state index contributed by atoms with van der Waals surface area (Å²) in [6, 6.07) is 13.4. The van der Waals surface area contributed by atoms with Crippen LogP contribution in [0.1, 0.15) is 25.0 Å². The molecule has 9 heteroatoms. The maximum atomic E-state index is 13.7. The second kappa shape index (κ2) is 8.64. The molecule has 176 valence electrons. The minimum atomic E-state index is -0.439. The van der Waals surface area contributed by atoms with Crippen LogP contribution in [0.3, 0.4) is 0 Å². The molecule has 1 aliphatic rings. The summed E-state index contributed by atoms with van der Waals surface area (Å²) >= 11 is 12.3. The van der Waals surface area contributed by atoms with Crippen molar-refractivity contribution in [3.63, 3.8) is 0 Å². The molecule has 0 spiro atoms. The number of imidazole rings is 1. The molecule has 0 amide bonds. The molecule has 0 radical (unpaired) electrons. The Hall–Kier alpha value is -3.03. The van der Waals surface area contributed by atoms with Crippen molar-refractivity contribution in [3.05, 3.63) is 84.5 Å². The SMILES string of the molecule is CCc1ccc(N2C[C@@H](C)Cn3c2nc2c3c(=O)n(Cc3ccc(Cl)cc3Cl)c(=O)n2C)cc1. The van der Waals surface area contributed by atoms with Gasteiger partial charge in [0.05, 0.1) is 6.54 Å². The van der Waals surface area contributed by atoms with Gasteiger partial charge in [-0.1, -0.05) is 55.2 Å². The van der Waals surface area contributed by atoms with Crippen LogP contribution in [0, 0.1) is 5.92 Å². The van der Waals surface area contributed by atoms with E-state index < -0.39 is 5.69 Å². The Morgan fingerprint density at radius 3 is 2.47 bits per heavy atom. The Bertz CT molecular complexity index is 1520. The molecule has 0 bridgehead atoms. The van der Waals surface area contributed by atoms with E-state index in [2.05, 4.69) is 43.0 Å². The molecule has 1 aliphatic heterocycles. The number of hydrogen-bond acceptors (Lipinski definition) is 4. The van der Waals surface area contributed by atoms with Gasteiger partial charge in [-0.15, -0.1) is 0 Å². The Labute approximate surface area is 206 Å². The van der Waals surface area contributed by atoms with E-state index in [1.54, 1.807) is 25.2 Å². The first-order chi connectivity index (χ1) is 16.3. The zero-order chi connectivity index (χ0) is 24.1. The van der Waals surface area contributed by atoms with Crippen molar-refractivity contribution in [1.82, 2.24) is 18.7 Å². The molecule has 2 aromatic carbocycles. The van der Waals surface area contributed by atoms with Crippen LogP contribution >= 0.6 is 23.2 Å². The summed E-state index contributed by atoms with van der Waals surface area (Å²) in [5.41, 5.74) is 2.90. The summed E-state index contributed by atoms with van der Waals surface area (Å²) in [5.74, 6) is 0.957. The van der Waals surface area contributed by atoms with Gasteiger partial charge in [0.2, 0.25) is 5.95 Å². The molecule has 3 heterocycles. The molecule has 1 atom stereocenters. The molecule has 0 aliphatic carbocycles. The molecule has 7 nitrogen and oxygen atoms in total. The third kappa shape index (κ3) is 3.73. The lowest BCUT2D eigenvalue weighted by atomic mass is 10.1. The van der Waals surface area contributed by atoms with Crippen molar-refractivity contribution in [3.8, 4) is 0 Å². The lowest BCUT2D eigenvalue weighted by molar-refractivity contribution is 0.458. The summed E-state index contributed by atoms with van der Waals surface area (Å²) in [6.07, 6.45) is 0.967. The molecule has 0 fully saturated rings. The topological polar surface area (TPSA) is 65.1 Å². The highest BCUT2D eigenvalue weighted by atomic mass is 35.5. The van der Waals surface area contributed by atoms with E-state index in [0.29, 0.717) is 39.3 Å². The van der Waals surface area contributed by atoms with E-state index in [0.717, 1.165) is 18.7 Å². The van der Waals surface area contributed by atoms with E-state index in [1.807, 2.05) is 4.57 Å². The number of rotatable bonds is 4. The van der Waals surface area contributed by atoms with Gasteiger partial charge in [-0.05, 0) is 47.7 Å². The van der Waals surface area contributed by atoms with Gasteiger partial charge in [0.25, 0.3) is 5.56 Å². The van der Waals surface area contributed by atoms with Crippen LogP contribution in [-0.2, 0) is 26.6 Å². The zero-order valence-corrected chi connectivity index (χ0v) is 20.8. The Morgan fingerprint density at radius 2 is 1.79 bits per heavy atom. The number of anilines is 2. The lowest BCUT2D eigenvalue weighted by Crippen LogP contribution is -2.40. The summed E-state index contributed by atoms with van der Waals surface area (Å²) in [4.78, 5) is 33.7. The van der Waals surface area contributed by atoms with Crippen molar-refractivity contribution in [2.75, 3.05) is 11.4 Å². The molecule has 0 saturated heterocycles. The molecular formula is C25H25Cl2N5O2. The predicted molar refractivity (Wildman–Crippen MR) is 137 cm³/mol. The fourth-order valence-corrected chi connectivity index (χ4v) is 5.06. The number of hydrogen-bond donors (Lipinski definition) is 0. The summed E-state index contributed by atoms with van der Waals surface area (Å²) in [7, 11) is 1.65. The summed E-state index contributed by atoms with van der Waals surface area (Å²) in [6.45, 7) is 5.74. The first kappa shape index (κ1) is 22.7. The number of halogens is 2. The van der Waals surface area contributed by atoms with Crippen LogP contribution in [0.15, 0.2) is 52.1 Å². The number of aromatic nitrogens is 4. The van der Waals surface area contributed by atoms with Gasteiger partial charge in [0, 0.05) is 35.9 Å². The zero-order valence-electron chi connectivity index (χ0n) is 19.3. The lowest BCUT2D eigenvalue weighted by Gasteiger charge is -2.33. The van der Waals surface area contributed by atoms with Gasteiger partial charge in [-0.3, -0.25) is 13.9 Å². The summed E-state index contributed by atoms with van der Waals surface area (Å²) in [5, 5.41) is 0.905. The smallest absolute Gasteiger partial charge is 0.312 e. The molecule has 34 heavy (non-hydrogen) atoms. The molecule has 0 unspecified atom stereocenters. The van der Waals surface area contributed by atoms with E-state index >= 15 is 0 Å². The quantitative estimate of drug-likeness (QED) is 0.413. The second-order valence-electron chi connectivity index (χ2n) is 8.90. The van der Waals surface area contributed by atoms with Crippen LogP contribution in [0.2, 0.25) is 10.0 Å². The van der Waals surface area contributed by atoms with Crippen LogP contribution in [0.4, 0.5) is 11.6 Å². The third-order valence-corrected chi connectivity index (χ3v) is 7.03. The molecule has 2 aromatic heterocycles. The largest absolute Gasteiger partial charge is 0.332 e. The van der Waals surface area contributed by atoms with E-state index in [4.69, 9.17) is 28.2 Å². The molecule has 4 aromatic rings. The second-order valence-corrected chi connectivity index (χ2v) is 9.74.